The Morgan fingerprint density at radius 2 is 1.88 bits per heavy atom. The van der Waals surface area contributed by atoms with Crippen LogP contribution in [-0.2, 0) is 11.2 Å². The molecule has 0 aliphatic carbocycles. The number of piperidine rings is 1. The van der Waals surface area contributed by atoms with E-state index in [4.69, 9.17) is 0 Å². The maximum Gasteiger partial charge on any atom is 0.255 e. The Kier molecular flexibility index (Phi) is 6.72. The van der Waals surface area contributed by atoms with E-state index in [1.54, 1.807) is 36.7 Å². The van der Waals surface area contributed by atoms with Gasteiger partial charge in [-0.2, -0.15) is 0 Å². The van der Waals surface area contributed by atoms with Gasteiger partial charge in [0.1, 0.15) is 11.6 Å². The molecule has 1 fully saturated rings. The number of benzene rings is 1. The third-order valence-corrected chi connectivity index (χ3v) is 5.91. The van der Waals surface area contributed by atoms with Crippen molar-refractivity contribution in [1.82, 2.24) is 19.9 Å². The van der Waals surface area contributed by atoms with Gasteiger partial charge in [-0.1, -0.05) is 12.1 Å². The minimum Gasteiger partial charge on any atom is -0.338 e. The Morgan fingerprint density at radius 1 is 1.12 bits per heavy atom. The highest BCUT2D eigenvalue weighted by Crippen LogP contribution is 2.27. The van der Waals surface area contributed by atoms with Crippen molar-refractivity contribution in [2.75, 3.05) is 18.4 Å². The molecule has 3 aromatic rings. The van der Waals surface area contributed by atoms with Gasteiger partial charge in [-0.15, -0.1) is 0 Å². The van der Waals surface area contributed by atoms with E-state index in [1.807, 2.05) is 18.7 Å². The normalized spacial score (nSPS) is 15.8. The molecule has 3 heterocycles. The molecule has 2 aromatic heterocycles. The number of hydrogen-bond donors (Lipinski definition) is 1. The molecule has 1 aromatic carbocycles. The molecular formula is C25H26FN5O2. The van der Waals surface area contributed by atoms with Gasteiger partial charge in [-0.3, -0.25) is 14.6 Å². The van der Waals surface area contributed by atoms with Crippen molar-refractivity contribution in [3.63, 3.8) is 0 Å². The lowest BCUT2D eigenvalue weighted by Gasteiger charge is -2.32. The van der Waals surface area contributed by atoms with Crippen LogP contribution in [0.25, 0.3) is 0 Å². The van der Waals surface area contributed by atoms with Crippen molar-refractivity contribution in [3.05, 3.63) is 82.9 Å². The second kappa shape index (κ2) is 9.85. The predicted octanol–water partition coefficient (Wildman–Crippen LogP) is 3.83. The van der Waals surface area contributed by atoms with Crippen molar-refractivity contribution in [2.24, 2.45) is 0 Å². The Morgan fingerprint density at radius 3 is 2.58 bits per heavy atom. The summed E-state index contributed by atoms with van der Waals surface area (Å²) in [6, 6.07) is 9.59. The number of aromatic nitrogens is 3. The number of nitrogens with one attached hydrogen (secondary N) is 1. The largest absolute Gasteiger partial charge is 0.338 e. The average Bonchev–Trinajstić information content (AvgIpc) is 2.83. The smallest absolute Gasteiger partial charge is 0.255 e. The molecule has 1 aliphatic rings. The molecule has 1 saturated heterocycles. The molecule has 1 unspecified atom stereocenters. The molecule has 1 aliphatic heterocycles. The van der Waals surface area contributed by atoms with Gasteiger partial charge in [0.2, 0.25) is 5.91 Å². The summed E-state index contributed by atoms with van der Waals surface area (Å²) in [7, 11) is 0. The standard InChI is InChI=1S/C25H26FN5O2/c1-16-20(13-23(32)30-22-10-4-3-9-21(22)26)17(2)29-24(28-16)19-8-6-12-31(15-19)25(33)18-7-5-11-27-14-18/h3-5,7,9-11,14,19H,6,8,12-13,15H2,1-2H3,(H,30,32). The van der Waals surface area contributed by atoms with E-state index in [1.165, 1.54) is 12.1 Å². The summed E-state index contributed by atoms with van der Waals surface area (Å²) < 4.78 is 13.8. The second-order valence-electron chi connectivity index (χ2n) is 8.27. The van der Waals surface area contributed by atoms with Crippen LogP contribution in [0.1, 0.15) is 51.9 Å². The predicted molar refractivity (Wildman–Crippen MR) is 122 cm³/mol. The summed E-state index contributed by atoms with van der Waals surface area (Å²) in [4.78, 5) is 40.6. The van der Waals surface area contributed by atoms with Crippen LogP contribution >= 0.6 is 0 Å². The van der Waals surface area contributed by atoms with E-state index in [0.29, 0.717) is 24.5 Å². The lowest BCUT2D eigenvalue weighted by atomic mass is 9.95. The van der Waals surface area contributed by atoms with Crippen molar-refractivity contribution < 1.29 is 14.0 Å². The SMILES string of the molecule is Cc1nc(C2CCCN(C(=O)c3cccnc3)C2)nc(C)c1CC(=O)Nc1ccccc1F. The van der Waals surface area contributed by atoms with Crippen LogP contribution in [0.5, 0.6) is 0 Å². The number of pyridine rings is 1. The van der Waals surface area contributed by atoms with E-state index >= 15 is 0 Å². The number of amides is 2. The number of aryl methyl sites for hydroxylation is 2. The third kappa shape index (κ3) is 5.22. The van der Waals surface area contributed by atoms with Crippen molar-refractivity contribution in [2.45, 2.75) is 39.0 Å². The van der Waals surface area contributed by atoms with Crippen LogP contribution in [0.15, 0.2) is 48.8 Å². The van der Waals surface area contributed by atoms with Crippen LogP contribution in [0.2, 0.25) is 0 Å². The Balaban J connectivity index is 1.47. The number of carbonyl (C=O) groups excluding carboxylic acids is 2. The summed E-state index contributed by atoms with van der Waals surface area (Å²) in [5, 5.41) is 2.61. The number of halogens is 1. The Hall–Kier alpha value is -3.68. The molecule has 1 atom stereocenters. The minimum absolute atomic E-state index is 0.0260. The van der Waals surface area contributed by atoms with Gasteiger partial charge in [0.15, 0.2) is 0 Å². The van der Waals surface area contributed by atoms with E-state index < -0.39 is 5.82 Å². The minimum atomic E-state index is -0.478. The van der Waals surface area contributed by atoms with Crippen LogP contribution in [0.4, 0.5) is 10.1 Å². The number of hydrogen-bond acceptors (Lipinski definition) is 5. The van der Waals surface area contributed by atoms with Gasteiger partial charge in [-0.05, 0) is 51.0 Å². The van der Waals surface area contributed by atoms with Gasteiger partial charge in [0.25, 0.3) is 5.91 Å². The maximum absolute atomic E-state index is 13.8. The second-order valence-corrected chi connectivity index (χ2v) is 8.27. The highest BCUT2D eigenvalue weighted by Gasteiger charge is 2.28. The summed E-state index contributed by atoms with van der Waals surface area (Å²) in [6.45, 7) is 4.94. The lowest BCUT2D eigenvalue weighted by molar-refractivity contribution is -0.115. The van der Waals surface area contributed by atoms with Crippen molar-refractivity contribution in [1.29, 1.82) is 0 Å². The number of para-hydroxylation sites is 1. The van der Waals surface area contributed by atoms with E-state index in [-0.39, 0.29) is 29.8 Å². The Labute approximate surface area is 192 Å². The highest BCUT2D eigenvalue weighted by molar-refractivity contribution is 5.94. The Bertz CT molecular complexity index is 1150. The average molecular weight is 448 g/mol. The summed E-state index contributed by atoms with van der Waals surface area (Å²) >= 11 is 0. The maximum atomic E-state index is 13.8. The molecule has 0 radical (unpaired) electrons. The van der Waals surface area contributed by atoms with E-state index in [0.717, 1.165) is 29.8 Å². The van der Waals surface area contributed by atoms with Crippen LogP contribution in [0, 0.1) is 19.7 Å². The first kappa shape index (κ1) is 22.5. The molecule has 8 heteroatoms. The van der Waals surface area contributed by atoms with E-state index in [9.17, 15) is 14.0 Å². The first-order chi connectivity index (χ1) is 15.9. The fourth-order valence-corrected chi connectivity index (χ4v) is 4.17. The molecule has 1 N–H and O–H groups in total. The fraction of sp³-hybridized carbons (Fsp3) is 0.320. The topological polar surface area (TPSA) is 88.1 Å². The van der Waals surface area contributed by atoms with Crippen LogP contribution < -0.4 is 5.32 Å². The van der Waals surface area contributed by atoms with Gasteiger partial charge >= 0.3 is 0 Å². The lowest BCUT2D eigenvalue weighted by Crippen LogP contribution is -2.39. The zero-order valence-corrected chi connectivity index (χ0v) is 18.7. The molecule has 33 heavy (non-hydrogen) atoms. The molecule has 7 nitrogen and oxygen atoms in total. The number of anilines is 1. The van der Waals surface area contributed by atoms with Crippen LogP contribution in [0.3, 0.4) is 0 Å². The number of rotatable bonds is 5. The van der Waals surface area contributed by atoms with Gasteiger partial charge in [-0.25, -0.2) is 14.4 Å². The summed E-state index contributed by atoms with van der Waals surface area (Å²) in [5.74, 6) is -0.130. The molecule has 0 bridgehead atoms. The van der Waals surface area contributed by atoms with Crippen molar-refractivity contribution >= 4 is 17.5 Å². The zero-order valence-electron chi connectivity index (χ0n) is 18.7. The molecule has 0 spiro atoms. The van der Waals surface area contributed by atoms with Gasteiger partial charge in [0.05, 0.1) is 17.7 Å². The molecule has 2 amide bonds. The van der Waals surface area contributed by atoms with Crippen molar-refractivity contribution in [3.8, 4) is 0 Å². The highest BCUT2D eigenvalue weighted by atomic mass is 19.1. The number of nitrogens with zero attached hydrogens (tertiary/aromatic N) is 4. The summed E-state index contributed by atoms with van der Waals surface area (Å²) in [5.41, 5.74) is 2.89. The zero-order chi connectivity index (χ0) is 23.4. The van der Waals surface area contributed by atoms with E-state index in [2.05, 4.69) is 20.3 Å². The first-order valence-electron chi connectivity index (χ1n) is 11.0. The summed E-state index contributed by atoms with van der Waals surface area (Å²) in [6.07, 6.45) is 5.04. The molecule has 4 rings (SSSR count). The number of likely N-dealkylation sites (tertiary alicyclic amines) is 1. The monoisotopic (exact) mass is 447 g/mol. The molecular weight excluding hydrogens is 421 g/mol. The fourth-order valence-electron chi connectivity index (χ4n) is 4.17. The quantitative estimate of drug-likeness (QED) is 0.642. The van der Waals surface area contributed by atoms with Crippen LogP contribution in [-0.4, -0.2) is 44.8 Å². The van der Waals surface area contributed by atoms with Gasteiger partial charge < -0.3 is 10.2 Å². The first-order valence-corrected chi connectivity index (χ1v) is 11.0. The number of carbonyl (C=O) groups is 2. The van der Waals surface area contributed by atoms with Gasteiger partial charge in [0, 0.05) is 48.4 Å². The third-order valence-electron chi connectivity index (χ3n) is 5.91. The molecule has 170 valence electrons. The molecule has 0 saturated carbocycles.